The molecule has 0 aliphatic carbocycles. The first-order valence-corrected chi connectivity index (χ1v) is 11.6. The van der Waals surface area contributed by atoms with E-state index < -0.39 is 17.1 Å². The fourth-order valence-corrected chi connectivity index (χ4v) is 4.09. The number of thioether (sulfide) groups is 1. The number of hydrogen-bond acceptors (Lipinski definition) is 6. The van der Waals surface area contributed by atoms with Gasteiger partial charge >= 0.3 is 0 Å². The number of hydrogen-bond donors (Lipinski definition) is 1. The molecule has 3 amide bonds. The molecule has 7 nitrogen and oxygen atoms in total. The van der Waals surface area contributed by atoms with E-state index in [2.05, 4.69) is 5.32 Å². The molecule has 1 heterocycles. The number of nitrogens with one attached hydrogen (secondary N) is 1. The molecule has 9 heteroatoms. The minimum Gasteiger partial charge on any atom is -0.490 e. The lowest BCUT2D eigenvalue weighted by Gasteiger charge is -2.15. The maximum atomic E-state index is 12.8. The second kappa shape index (κ2) is 10.8. The molecule has 2 aromatic carbocycles. The highest BCUT2D eigenvalue weighted by molar-refractivity contribution is 8.18. The van der Waals surface area contributed by atoms with Gasteiger partial charge in [-0.25, -0.2) is 0 Å². The van der Waals surface area contributed by atoms with Gasteiger partial charge in [0.15, 0.2) is 11.5 Å². The lowest BCUT2D eigenvalue weighted by molar-refractivity contribution is -0.127. The van der Waals surface area contributed by atoms with Crippen LogP contribution in [0.1, 0.15) is 31.9 Å². The zero-order chi connectivity index (χ0) is 24.1. The van der Waals surface area contributed by atoms with Crippen molar-refractivity contribution in [2.24, 2.45) is 0 Å². The minimum atomic E-state index is -0.525. The van der Waals surface area contributed by atoms with Crippen LogP contribution in [-0.4, -0.2) is 41.2 Å². The largest absolute Gasteiger partial charge is 0.490 e. The van der Waals surface area contributed by atoms with Crippen LogP contribution in [0, 0.1) is 6.92 Å². The van der Waals surface area contributed by atoms with E-state index in [0.717, 1.165) is 22.2 Å². The Labute approximate surface area is 202 Å². The monoisotopic (exact) mass is 488 g/mol. The van der Waals surface area contributed by atoms with Crippen LogP contribution in [0.3, 0.4) is 0 Å². The average molecular weight is 489 g/mol. The highest BCUT2D eigenvalue weighted by Gasteiger charge is 2.36. The van der Waals surface area contributed by atoms with E-state index in [0.29, 0.717) is 34.4 Å². The molecule has 0 saturated carbocycles. The minimum absolute atomic E-state index is 0.0200. The van der Waals surface area contributed by atoms with Crippen molar-refractivity contribution in [2.75, 3.05) is 18.5 Å². The SMILES string of the molecule is CCOc1cc(/C=C2/SC(=O)N(CC(=O)Nc3cc(Cl)ccc3C)C2=O)ccc1OC(C)C. The molecule has 0 bridgehead atoms. The van der Waals surface area contributed by atoms with Crippen LogP contribution in [0.25, 0.3) is 6.08 Å². The second-order valence-electron chi connectivity index (χ2n) is 7.58. The van der Waals surface area contributed by atoms with Crippen molar-refractivity contribution in [1.29, 1.82) is 0 Å². The summed E-state index contributed by atoms with van der Waals surface area (Å²) in [7, 11) is 0. The Kier molecular flexibility index (Phi) is 8.05. The number of aryl methyl sites for hydroxylation is 1. The molecule has 0 aromatic heterocycles. The van der Waals surface area contributed by atoms with E-state index in [1.165, 1.54) is 0 Å². The second-order valence-corrected chi connectivity index (χ2v) is 9.01. The van der Waals surface area contributed by atoms with Gasteiger partial charge in [-0.1, -0.05) is 23.7 Å². The summed E-state index contributed by atoms with van der Waals surface area (Å²) in [5.74, 6) is 0.140. The van der Waals surface area contributed by atoms with E-state index in [1.54, 1.807) is 42.5 Å². The lowest BCUT2D eigenvalue weighted by atomic mass is 10.1. The summed E-state index contributed by atoms with van der Waals surface area (Å²) in [5, 5.41) is 2.67. The Hall–Kier alpha value is -2.97. The molecule has 1 fully saturated rings. The quantitative estimate of drug-likeness (QED) is 0.493. The van der Waals surface area contributed by atoms with Gasteiger partial charge < -0.3 is 14.8 Å². The molecule has 0 radical (unpaired) electrons. The summed E-state index contributed by atoms with van der Waals surface area (Å²) >= 11 is 6.77. The number of rotatable bonds is 8. The van der Waals surface area contributed by atoms with Crippen LogP contribution in [0.5, 0.6) is 11.5 Å². The highest BCUT2D eigenvalue weighted by atomic mass is 35.5. The Balaban J connectivity index is 1.74. The van der Waals surface area contributed by atoms with Crippen molar-refractivity contribution >= 4 is 52.2 Å². The molecule has 0 atom stereocenters. The van der Waals surface area contributed by atoms with Crippen molar-refractivity contribution in [1.82, 2.24) is 4.90 Å². The molecule has 1 aliphatic rings. The van der Waals surface area contributed by atoms with Gasteiger partial charge in [0.1, 0.15) is 6.54 Å². The Morgan fingerprint density at radius 1 is 1.18 bits per heavy atom. The molecule has 0 spiro atoms. The van der Waals surface area contributed by atoms with Crippen molar-refractivity contribution in [3.8, 4) is 11.5 Å². The number of ether oxygens (including phenoxy) is 2. The summed E-state index contributed by atoms with van der Waals surface area (Å²) in [6.07, 6.45) is 1.58. The zero-order valence-corrected chi connectivity index (χ0v) is 20.4. The first-order chi connectivity index (χ1) is 15.7. The first-order valence-electron chi connectivity index (χ1n) is 10.4. The smallest absolute Gasteiger partial charge is 0.294 e. The highest BCUT2D eigenvalue weighted by Crippen LogP contribution is 2.35. The number of carbonyl (C=O) groups excluding carboxylic acids is 3. The maximum absolute atomic E-state index is 12.8. The van der Waals surface area contributed by atoms with Crippen LogP contribution in [0.15, 0.2) is 41.3 Å². The van der Waals surface area contributed by atoms with Crippen LogP contribution < -0.4 is 14.8 Å². The van der Waals surface area contributed by atoms with Gasteiger partial charge in [-0.2, -0.15) is 0 Å². The van der Waals surface area contributed by atoms with Gasteiger partial charge in [0.25, 0.3) is 11.1 Å². The fourth-order valence-electron chi connectivity index (χ4n) is 3.08. The summed E-state index contributed by atoms with van der Waals surface area (Å²) in [5.41, 5.74) is 2.03. The summed E-state index contributed by atoms with van der Waals surface area (Å²) in [4.78, 5) is 38.9. The van der Waals surface area contributed by atoms with Gasteiger partial charge in [-0.3, -0.25) is 19.3 Å². The molecule has 1 saturated heterocycles. The van der Waals surface area contributed by atoms with Gasteiger partial charge in [0, 0.05) is 10.7 Å². The number of benzene rings is 2. The van der Waals surface area contributed by atoms with Crippen LogP contribution in [0.2, 0.25) is 5.02 Å². The van der Waals surface area contributed by atoms with Gasteiger partial charge in [-0.05, 0) is 80.9 Å². The number of nitrogens with zero attached hydrogens (tertiary/aromatic N) is 1. The normalized spacial score (nSPS) is 14.8. The maximum Gasteiger partial charge on any atom is 0.294 e. The Morgan fingerprint density at radius 2 is 1.94 bits per heavy atom. The fraction of sp³-hybridized carbons (Fsp3) is 0.292. The third kappa shape index (κ3) is 6.30. The number of carbonyl (C=O) groups is 3. The summed E-state index contributed by atoms with van der Waals surface area (Å²) in [6.45, 7) is 7.60. The van der Waals surface area contributed by atoms with E-state index >= 15 is 0 Å². The van der Waals surface area contributed by atoms with Crippen molar-refractivity contribution < 1.29 is 23.9 Å². The van der Waals surface area contributed by atoms with Crippen LogP contribution >= 0.6 is 23.4 Å². The third-order valence-electron chi connectivity index (χ3n) is 4.58. The van der Waals surface area contributed by atoms with Gasteiger partial charge in [0.05, 0.1) is 17.6 Å². The predicted octanol–water partition coefficient (Wildman–Crippen LogP) is 5.51. The number of amides is 3. The van der Waals surface area contributed by atoms with E-state index in [1.807, 2.05) is 27.7 Å². The third-order valence-corrected chi connectivity index (χ3v) is 5.72. The molecule has 174 valence electrons. The van der Waals surface area contributed by atoms with Gasteiger partial charge in [0.2, 0.25) is 5.91 Å². The molecule has 3 rings (SSSR count). The zero-order valence-electron chi connectivity index (χ0n) is 18.8. The number of imide groups is 1. The standard InChI is InChI=1S/C24H25ClN2O5S/c1-5-31-20-10-16(7-9-19(20)32-14(2)3)11-21-23(29)27(24(30)33-21)13-22(28)26-18-12-17(25)8-6-15(18)4/h6-12,14H,5,13H2,1-4H3,(H,26,28)/b21-11+. The van der Waals surface area contributed by atoms with E-state index in [9.17, 15) is 14.4 Å². The summed E-state index contributed by atoms with van der Waals surface area (Å²) < 4.78 is 11.4. The van der Waals surface area contributed by atoms with Crippen molar-refractivity contribution in [2.45, 2.75) is 33.8 Å². The van der Waals surface area contributed by atoms with Crippen LogP contribution in [0.4, 0.5) is 10.5 Å². The van der Waals surface area contributed by atoms with Crippen molar-refractivity contribution in [3.05, 3.63) is 57.5 Å². The Bertz CT molecular complexity index is 1120. The Morgan fingerprint density at radius 3 is 2.64 bits per heavy atom. The predicted molar refractivity (Wildman–Crippen MR) is 131 cm³/mol. The van der Waals surface area contributed by atoms with Crippen molar-refractivity contribution in [3.63, 3.8) is 0 Å². The topological polar surface area (TPSA) is 84.9 Å². The molecular formula is C24H25ClN2O5S. The molecular weight excluding hydrogens is 464 g/mol. The number of anilines is 1. The average Bonchev–Trinajstić information content (AvgIpc) is 3.00. The lowest BCUT2D eigenvalue weighted by Crippen LogP contribution is -2.36. The van der Waals surface area contributed by atoms with E-state index in [4.69, 9.17) is 21.1 Å². The summed E-state index contributed by atoms with van der Waals surface area (Å²) in [6, 6.07) is 10.4. The molecule has 0 unspecified atom stereocenters. The first kappa shape index (κ1) is 24.7. The molecule has 1 aliphatic heterocycles. The molecule has 33 heavy (non-hydrogen) atoms. The van der Waals surface area contributed by atoms with Crippen LogP contribution in [-0.2, 0) is 9.59 Å². The van der Waals surface area contributed by atoms with Gasteiger partial charge in [-0.15, -0.1) is 0 Å². The molecule has 1 N–H and O–H groups in total. The number of halogens is 1. The molecule has 2 aromatic rings. The van der Waals surface area contributed by atoms with E-state index in [-0.39, 0.29) is 17.6 Å².